The SMILES string of the molecule is CCN1CCOC(C(=O)NCC(C)NC)C1. The number of nitrogens with one attached hydrogen (secondary N) is 2. The summed E-state index contributed by atoms with van der Waals surface area (Å²) in [5.74, 6) is 0.000231. The zero-order chi connectivity index (χ0) is 12.0. The lowest BCUT2D eigenvalue weighted by Crippen LogP contribution is -2.51. The third-order valence-corrected chi connectivity index (χ3v) is 2.97. The zero-order valence-electron chi connectivity index (χ0n) is 10.5. The molecule has 0 aromatic heterocycles. The van der Waals surface area contributed by atoms with Gasteiger partial charge in [0.2, 0.25) is 0 Å². The van der Waals surface area contributed by atoms with Gasteiger partial charge >= 0.3 is 0 Å². The van der Waals surface area contributed by atoms with Crippen LogP contribution in [0, 0.1) is 0 Å². The summed E-state index contributed by atoms with van der Waals surface area (Å²) < 4.78 is 5.46. The van der Waals surface area contributed by atoms with Crippen molar-refractivity contribution in [1.82, 2.24) is 15.5 Å². The number of carbonyl (C=O) groups excluding carboxylic acids is 1. The second-order valence-electron chi connectivity index (χ2n) is 4.19. The summed E-state index contributed by atoms with van der Waals surface area (Å²) in [5.41, 5.74) is 0. The Hall–Kier alpha value is -0.650. The molecule has 0 radical (unpaired) electrons. The molecule has 2 atom stereocenters. The average molecular weight is 229 g/mol. The molecule has 16 heavy (non-hydrogen) atoms. The van der Waals surface area contributed by atoms with Crippen LogP contribution in [-0.4, -0.2) is 62.8 Å². The molecule has 0 aromatic rings. The Balaban J connectivity index is 2.30. The molecule has 1 aliphatic heterocycles. The van der Waals surface area contributed by atoms with E-state index >= 15 is 0 Å². The van der Waals surface area contributed by atoms with Crippen LogP contribution in [0.5, 0.6) is 0 Å². The molecule has 2 N–H and O–H groups in total. The van der Waals surface area contributed by atoms with Gasteiger partial charge in [0.15, 0.2) is 0 Å². The zero-order valence-corrected chi connectivity index (χ0v) is 10.5. The lowest BCUT2D eigenvalue weighted by Gasteiger charge is -2.31. The van der Waals surface area contributed by atoms with Gasteiger partial charge in [0.25, 0.3) is 5.91 Å². The smallest absolute Gasteiger partial charge is 0.250 e. The molecule has 1 saturated heterocycles. The maximum atomic E-state index is 11.8. The van der Waals surface area contributed by atoms with Crippen molar-refractivity contribution in [1.29, 1.82) is 0 Å². The van der Waals surface area contributed by atoms with Crippen molar-refractivity contribution in [2.24, 2.45) is 0 Å². The van der Waals surface area contributed by atoms with E-state index in [9.17, 15) is 4.79 Å². The maximum absolute atomic E-state index is 11.8. The van der Waals surface area contributed by atoms with E-state index in [4.69, 9.17) is 4.74 Å². The van der Waals surface area contributed by atoms with Gasteiger partial charge in [0, 0.05) is 25.7 Å². The minimum Gasteiger partial charge on any atom is -0.366 e. The number of likely N-dealkylation sites (N-methyl/N-ethyl adjacent to an activating group) is 2. The van der Waals surface area contributed by atoms with E-state index in [1.54, 1.807) is 0 Å². The molecule has 0 aliphatic carbocycles. The summed E-state index contributed by atoms with van der Waals surface area (Å²) in [6.07, 6.45) is -0.308. The molecule has 5 heteroatoms. The first-order chi connectivity index (χ1) is 7.67. The van der Waals surface area contributed by atoms with Crippen molar-refractivity contribution >= 4 is 5.91 Å². The number of hydrogen-bond acceptors (Lipinski definition) is 4. The Labute approximate surface area is 97.5 Å². The van der Waals surface area contributed by atoms with E-state index in [1.807, 2.05) is 14.0 Å². The van der Waals surface area contributed by atoms with Crippen molar-refractivity contribution in [3.63, 3.8) is 0 Å². The van der Waals surface area contributed by atoms with Gasteiger partial charge in [-0.25, -0.2) is 0 Å². The van der Waals surface area contributed by atoms with Crippen molar-refractivity contribution in [3.05, 3.63) is 0 Å². The summed E-state index contributed by atoms with van der Waals surface area (Å²) in [6.45, 7) is 8.02. The standard InChI is InChI=1S/C11H23N3O2/c1-4-14-5-6-16-10(8-14)11(15)13-7-9(2)12-3/h9-10,12H,4-8H2,1-3H3,(H,13,15). The Kier molecular flexibility index (Phi) is 5.73. The maximum Gasteiger partial charge on any atom is 0.250 e. The molecule has 0 aromatic carbocycles. The molecule has 1 amide bonds. The van der Waals surface area contributed by atoms with Crippen LogP contribution in [0.15, 0.2) is 0 Å². The summed E-state index contributed by atoms with van der Waals surface area (Å²) in [6, 6.07) is 0.287. The Morgan fingerprint density at radius 1 is 1.62 bits per heavy atom. The van der Waals surface area contributed by atoms with Crippen molar-refractivity contribution in [3.8, 4) is 0 Å². The molecular weight excluding hydrogens is 206 g/mol. The van der Waals surface area contributed by atoms with Gasteiger partial charge in [0.05, 0.1) is 6.61 Å². The van der Waals surface area contributed by atoms with Gasteiger partial charge in [-0.2, -0.15) is 0 Å². The fraction of sp³-hybridized carbons (Fsp3) is 0.909. The number of carbonyl (C=O) groups is 1. The lowest BCUT2D eigenvalue weighted by molar-refractivity contribution is -0.138. The summed E-state index contributed by atoms with van der Waals surface area (Å²) in [7, 11) is 1.88. The van der Waals surface area contributed by atoms with E-state index in [0.717, 1.165) is 13.1 Å². The first kappa shape index (κ1) is 13.4. The van der Waals surface area contributed by atoms with Crippen LogP contribution in [0.4, 0.5) is 0 Å². The normalized spacial score (nSPS) is 24.1. The van der Waals surface area contributed by atoms with E-state index in [2.05, 4.69) is 22.5 Å². The van der Waals surface area contributed by atoms with Gasteiger partial charge in [0.1, 0.15) is 6.10 Å². The molecule has 2 unspecified atom stereocenters. The highest BCUT2D eigenvalue weighted by Crippen LogP contribution is 2.04. The Bertz CT molecular complexity index is 223. The third-order valence-electron chi connectivity index (χ3n) is 2.97. The highest BCUT2D eigenvalue weighted by Gasteiger charge is 2.25. The van der Waals surface area contributed by atoms with Gasteiger partial charge < -0.3 is 15.4 Å². The molecular formula is C11H23N3O2. The Morgan fingerprint density at radius 3 is 3.00 bits per heavy atom. The highest BCUT2D eigenvalue weighted by atomic mass is 16.5. The number of hydrogen-bond donors (Lipinski definition) is 2. The lowest BCUT2D eigenvalue weighted by atomic mass is 10.2. The van der Waals surface area contributed by atoms with Gasteiger partial charge in [-0.05, 0) is 20.5 Å². The quantitative estimate of drug-likeness (QED) is 0.663. The second kappa shape index (κ2) is 6.83. The predicted octanol–water partition coefficient (Wildman–Crippen LogP) is -0.569. The first-order valence-corrected chi connectivity index (χ1v) is 5.96. The van der Waals surface area contributed by atoms with Gasteiger partial charge in [-0.1, -0.05) is 6.92 Å². The van der Waals surface area contributed by atoms with Crippen LogP contribution in [-0.2, 0) is 9.53 Å². The van der Waals surface area contributed by atoms with Gasteiger partial charge in [-0.15, -0.1) is 0 Å². The van der Waals surface area contributed by atoms with E-state index in [0.29, 0.717) is 19.7 Å². The van der Waals surface area contributed by atoms with Crippen LogP contribution >= 0.6 is 0 Å². The highest BCUT2D eigenvalue weighted by molar-refractivity contribution is 5.81. The first-order valence-electron chi connectivity index (χ1n) is 5.96. The molecule has 5 nitrogen and oxygen atoms in total. The largest absolute Gasteiger partial charge is 0.366 e. The Morgan fingerprint density at radius 2 is 2.38 bits per heavy atom. The number of morpholine rings is 1. The summed E-state index contributed by atoms with van der Waals surface area (Å²) in [5, 5.41) is 5.97. The number of rotatable bonds is 5. The van der Waals surface area contributed by atoms with Gasteiger partial charge in [-0.3, -0.25) is 9.69 Å². The fourth-order valence-corrected chi connectivity index (χ4v) is 1.62. The molecule has 0 bridgehead atoms. The van der Waals surface area contributed by atoms with Crippen molar-refractivity contribution in [2.45, 2.75) is 26.0 Å². The third kappa shape index (κ3) is 4.08. The second-order valence-corrected chi connectivity index (χ2v) is 4.19. The summed E-state index contributed by atoms with van der Waals surface area (Å²) >= 11 is 0. The predicted molar refractivity (Wildman–Crippen MR) is 63.4 cm³/mol. The van der Waals surface area contributed by atoms with Crippen molar-refractivity contribution in [2.75, 3.05) is 39.8 Å². The topological polar surface area (TPSA) is 53.6 Å². The van der Waals surface area contributed by atoms with E-state index in [-0.39, 0.29) is 18.1 Å². The molecule has 0 spiro atoms. The van der Waals surface area contributed by atoms with Crippen LogP contribution in [0.1, 0.15) is 13.8 Å². The van der Waals surface area contributed by atoms with E-state index in [1.165, 1.54) is 0 Å². The molecule has 1 heterocycles. The molecule has 1 aliphatic rings. The average Bonchev–Trinajstić information content (AvgIpc) is 2.35. The summed E-state index contributed by atoms with van der Waals surface area (Å²) in [4.78, 5) is 14.0. The molecule has 94 valence electrons. The minimum atomic E-state index is -0.308. The molecule has 0 saturated carbocycles. The fourth-order valence-electron chi connectivity index (χ4n) is 1.62. The molecule has 1 rings (SSSR count). The monoisotopic (exact) mass is 229 g/mol. The van der Waals surface area contributed by atoms with Crippen LogP contribution < -0.4 is 10.6 Å². The van der Waals surface area contributed by atoms with Crippen LogP contribution in [0.25, 0.3) is 0 Å². The number of nitrogens with zero attached hydrogens (tertiary/aromatic N) is 1. The minimum absolute atomic E-state index is 0.000231. The number of amides is 1. The van der Waals surface area contributed by atoms with E-state index < -0.39 is 0 Å². The van der Waals surface area contributed by atoms with Crippen molar-refractivity contribution < 1.29 is 9.53 Å². The number of ether oxygens (including phenoxy) is 1. The van der Waals surface area contributed by atoms with Crippen LogP contribution in [0.2, 0.25) is 0 Å². The molecule has 1 fully saturated rings. The van der Waals surface area contributed by atoms with Crippen LogP contribution in [0.3, 0.4) is 0 Å².